The molecule has 0 spiro atoms. The second-order valence-electron chi connectivity index (χ2n) is 3.24. The van der Waals surface area contributed by atoms with Gasteiger partial charge in [0, 0.05) is 29.4 Å². The summed E-state index contributed by atoms with van der Waals surface area (Å²) < 4.78 is 6.15. The molecule has 0 aromatic carbocycles. The van der Waals surface area contributed by atoms with Crippen LogP contribution in [0, 0.1) is 0 Å². The molecular formula is C10H11BrN2O. The van der Waals surface area contributed by atoms with E-state index in [-0.39, 0.29) is 0 Å². The van der Waals surface area contributed by atoms with E-state index in [1.54, 1.807) is 7.11 Å². The molecule has 1 aromatic heterocycles. The molecule has 1 aliphatic rings. The lowest BCUT2D eigenvalue weighted by Gasteiger charge is -2.22. The first-order valence-electron chi connectivity index (χ1n) is 4.32. The van der Waals surface area contributed by atoms with Crippen molar-refractivity contribution in [3.63, 3.8) is 0 Å². The molecule has 0 N–H and O–H groups in total. The maximum absolute atomic E-state index is 5.09. The minimum atomic E-state index is 0.666. The molecule has 0 amide bonds. The Labute approximate surface area is 91.5 Å². The summed E-state index contributed by atoms with van der Waals surface area (Å²) in [6.07, 6.45) is 2.05. The number of hydrogen-bond acceptors (Lipinski definition) is 3. The third-order valence-electron chi connectivity index (χ3n) is 2.15. The van der Waals surface area contributed by atoms with Gasteiger partial charge in [0.2, 0.25) is 5.88 Å². The van der Waals surface area contributed by atoms with Crippen molar-refractivity contribution in [2.45, 2.75) is 6.54 Å². The van der Waals surface area contributed by atoms with Crippen LogP contribution in [0.1, 0.15) is 11.3 Å². The van der Waals surface area contributed by atoms with E-state index in [1.807, 2.05) is 19.2 Å². The number of halogens is 1. The summed E-state index contributed by atoms with van der Waals surface area (Å²) in [6.45, 7) is 0.821. The van der Waals surface area contributed by atoms with Gasteiger partial charge in [-0.15, -0.1) is 0 Å². The van der Waals surface area contributed by atoms with Crippen LogP contribution >= 0.6 is 15.9 Å². The fourth-order valence-corrected chi connectivity index (χ4v) is 2.19. The van der Waals surface area contributed by atoms with Gasteiger partial charge in [0.05, 0.1) is 19.3 Å². The van der Waals surface area contributed by atoms with Crippen molar-refractivity contribution in [2.24, 2.45) is 0 Å². The lowest BCUT2D eigenvalue weighted by Crippen LogP contribution is -2.17. The highest BCUT2D eigenvalue weighted by Crippen LogP contribution is 2.30. The molecule has 0 saturated heterocycles. The van der Waals surface area contributed by atoms with Crippen molar-refractivity contribution < 1.29 is 4.74 Å². The average Bonchev–Trinajstić information content (AvgIpc) is 2.16. The number of rotatable bonds is 1. The number of methoxy groups -OCH3 is 1. The van der Waals surface area contributed by atoms with Crippen LogP contribution in [0.3, 0.4) is 0 Å². The van der Waals surface area contributed by atoms with Gasteiger partial charge in [-0.05, 0) is 22.0 Å². The van der Waals surface area contributed by atoms with Crippen molar-refractivity contribution in [3.8, 4) is 5.88 Å². The first-order chi connectivity index (χ1) is 6.70. The van der Waals surface area contributed by atoms with Crippen LogP contribution in [0.15, 0.2) is 18.3 Å². The SMILES string of the molecule is COc1ccc2c(n1)CN(C)C=C2Br. The normalized spacial score (nSPS) is 14.8. The maximum atomic E-state index is 5.09. The van der Waals surface area contributed by atoms with Gasteiger partial charge < -0.3 is 9.64 Å². The summed E-state index contributed by atoms with van der Waals surface area (Å²) in [5.74, 6) is 0.666. The zero-order valence-electron chi connectivity index (χ0n) is 8.12. The zero-order chi connectivity index (χ0) is 10.1. The van der Waals surface area contributed by atoms with Gasteiger partial charge in [0.1, 0.15) is 0 Å². The van der Waals surface area contributed by atoms with E-state index in [1.165, 1.54) is 0 Å². The van der Waals surface area contributed by atoms with Gasteiger partial charge in [-0.1, -0.05) is 0 Å². The summed E-state index contributed by atoms with van der Waals surface area (Å²) in [4.78, 5) is 6.48. The topological polar surface area (TPSA) is 25.4 Å². The molecule has 0 aliphatic carbocycles. The third kappa shape index (κ3) is 1.62. The molecule has 0 radical (unpaired) electrons. The minimum absolute atomic E-state index is 0.666. The van der Waals surface area contributed by atoms with Crippen LogP contribution in [-0.4, -0.2) is 24.0 Å². The van der Waals surface area contributed by atoms with Crippen molar-refractivity contribution in [1.82, 2.24) is 9.88 Å². The van der Waals surface area contributed by atoms with Gasteiger partial charge >= 0.3 is 0 Å². The smallest absolute Gasteiger partial charge is 0.213 e. The number of pyridine rings is 1. The predicted octanol–water partition coefficient (Wildman–Crippen LogP) is 2.23. The molecule has 14 heavy (non-hydrogen) atoms. The van der Waals surface area contributed by atoms with Gasteiger partial charge in [-0.3, -0.25) is 0 Å². The molecule has 4 heteroatoms. The van der Waals surface area contributed by atoms with Crippen LogP contribution in [0.2, 0.25) is 0 Å². The van der Waals surface area contributed by atoms with E-state index >= 15 is 0 Å². The molecular weight excluding hydrogens is 244 g/mol. The zero-order valence-corrected chi connectivity index (χ0v) is 9.71. The summed E-state index contributed by atoms with van der Waals surface area (Å²) in [7, 11) is 3.65. The number of ether oxygens (including phenoxy) is 1. The molecule has 3 nitrogen and oxygen atoms in total. The first kappa shape index (κ1) is 9.52. The Hall–Kier alpha value is -1.03. The maximum Gasteiger partial charge on any atom is 0.213 e. The molecule has 0 saturated carbocycles. The lowest BCUT2D eigenvalue weighted by molar-refractivity contribution is 0.387. The van der Waals surface area contributed by atoms with Gasteiger partial charge in [0.15, 0.2) is 0 Å². The van der Waals surface area contributed by atoms with Crippen molar-refractivity contribution in [3.05, 3.63) is 29.6 Å². The Kier molecular flexibility index (Phi) is 2.46. The average molecular weight is 255 g/mol. The molecule has 0 fully saturated rings. The quantitative estimate of drug-likeness (QED) is 0.769. The predicted molar refractivity (Wildman–Crippen MR) is 59.2 cm³/mol. The Morgan fingerprint density at radius 1 is 1.50 bits per heavy atom. The first-order valence-corrected chi connectivity index (χ1v) is 5.12. The van der Waals surface area contributed by atoms with Crippen LogP contribution < -0.4 is 4.74 Å². The van der Waals surface area contributed by atoms with Crippen LogP contribution in [0.4, 0.5) is 0 Å². The Bertz CT molecular complexity index is 390. The van der Waals surface area contributed by atoms with Gasteiger partial charge in [-0.2, -0.15) is 0 Å². The van der Waals surface area contributed by atoms with E-state index in [2.05, 4.69) is 32.0 Å². The Morgan fingerprint density at radius 2 is 2.29 bits per heavy atom. The van der Waals surface area contributed by atoms with E-state index < -0.39 is 0 Å². The van der Waals surface area contributed by atoms with Gasteiger partial charge in [0.25, 0.3) is 0 Å². The molecule has 1 aromatic rings. The standard InChI is InChI=1S/C10H11BrN2O/c1-13-5-8(11)7-3-4-10(14-2)12-9(7)6-13/h3-5H,6H2,1-2H3. The fourth-order valence-electron chi connectivity index (χ4n) is 1.48. The van der Waals surface area contributed by atoms with Crippen molar-refractivity contribution in [2.75, 3.05) is 14.2 Å². The molecule has 2 rings (SSSR count). The highest BCUT2D eigenvalue weighted by molar-refractivity contribution is 9.15. The largest absolute Gasteiger partial charge is 0.481 e. The summed E-state index contributed by atoms with van der Waals surface area (Å²) in [5.41, 5.74) is 2.19. The Balaban J connectivity index is 2.47. The van der Waals surface area contributed by atoms with E-state index in [0.717, 1.165) is 22.3 Å². The minimum Gasteiger partial charge on any atom is -0.481 e. The molecule has 74 valence electrons. The number of hydrogen-bond donors (Lipinski definition) is 0. The highest BCUT2D eigenvalue weighted by Gasteiger charge is 2.15. The summed E-state index contributed by atoms with van der Waals surface area (Å²) in [6, 6.07) is 3.90. The second-order valence-corrected chi connectivity index (χ2v) is 4.09. The van der Waals surface area contributed by atoms with Crippen LogP contribution in [0.25, 0.3) is 4.48 Å². The van der Waals surface area contributed by atoms with Crippen molar-refractivity contribution in [1.29, 1.82) is 0 Å². The van der Waals surface area contributed by atoms with E-state index in [0.29, 0.717) is 5.88 Å². The highest BCUT2D eigenvalue weighted by atomic mass is 79.9. The summed E-state index contributed by atoms with van der Waals surface area (Å²) >= 11 is 3.51. The third-order valence-corrected chi connectivity index (χ3v) is 2.78. The van der Waals surface area contributed by atoms with Crippen LogP contribution in [0.5, 0.6) is 5.88 Å². The molecule has 0 unspecified atom stereocenters. The number of aromatic nitrogens is 1. The molecule has 0 bridgehead atoms. The number of nitrogens with zero attached hydrogens (tertiary/aromatic N) is 2. The Morgan fingerprint density at radius 3 is 3.00 bits per heavy atom. The summed E-state index contributed by atoms with van der Waals surface area (Å²) in [5, 5.41) is 0. The second kappa shape index (κ2) is 3.61. The van der Waals surface area contributed by atoms with E-state index in [4.69, 9.17) is 4.74 Å². The fraction of sp³-hybridized carbons (Fsp3) is 0.300. The molecule has 0 atom stereocenters. The molecule has 1 aliphatic heterocycles. The van der Waals surface area contributed by atoms with E-state index in [9.17, 15) is 0 Å². The monoisotopic (exact) mass is 254 g/mol. The molecule has 2 heterocycles. The van der Waals surface area contributed by atoms with Crippen molar-refractivity contribution >= 4 is 20.4 Å². The number of fused-ring (bicyclic) bond motifs is 1. The van der Waals surface area contributed by atoms with Crippen LogP contribution in [-0.2, 0) is 6.54 Å². The lowest BCUT2D eigenvalue weighted by atomic mass is 10.1. The van der Waals surface area contributed by atoms with Gasteiger partial charge in [-0.25, -0.2) is 4.98 Å².